The molecule has 0 atom stereocenters. The summed E-state index contributed by atoms with van der Waals surface area (Å²) in [7, 11) is 0. The fourth-order valence-corrected chi connectivity index (χ4v) is 2.90. The van der Waals surface area contributed by atoms with E-state index in [2.05, 4.69) is 9.88 Å². The predicted molar refractivity (Wildman–Crippen MR) is 82.4 cm³/mol. The smallest absolute Gasteiger partial charge is 0.180 e. The second-order valence-electron chi connectivity index (χ2n) is 4.89. The third-order valence-corrected chi connectivity index (χ3v) is 4.14. The summed E-state index contributed by atoms with van der Waals surface area (Å²) >= 11 is 1.51. The number of rotatable bonds is 5. The van der Waals surface area contributed by atoms with Gasteiger partial charge in [0, 0.05) is 35.8 Å². The van der Waals surface area contributed by atoms with Crippen LogP contribution in [-0.2, 0) is 13.1 Å². The van der Waals surface area contributed by atoms with Gasteiger partial charge in [0.2, 0.25) is 0 Å². The lowest BCUT2D eigenvalue weighted by Crippen LogP contribution is -2.25. The number of hydrogen-bond donors (Lipinski definition) is 1. The molecule has 1 aliphatic rings. The number of halogens is 2. The Kier molecular flexibility index (Phi) is 4.96. The van der Waals surface area contributed by atoms with E-state index in [1.807, 2.05) is 18.3 Å². The Bertz CT molecular complexity index is 571. The maximum atomic E-state index is 13.7. The molecule has 3 nitrogen and oxygen atoms in total. The molecule has 0 unspecified atom stereocenters. The molecule has 108 valence electrons. The van der Waals surface area contributed by atoms with Crippen LogP contribution >= 0.6 is 23.7 Å². The molecule has 0 radical (unpaired) electrons. The van der Waals surface area contributed by atoms with Gasteiger partial charge in [-0.1, -0.05) is 18.2 Å². The van der Waals surface area contributed by atoms with E-state index >= 15 is 0 Å². The largest absolute Gasteiger partial charge is 0.375 e. The highest BCUT2D eigenvalue weighted by Gasteiger charge is 2.29. The lowest BCUT2D eigenvalue weighted by Gasteiger charge is -2.21. The van der Waals surface area contributed by atoms with Crippen LogP contribution in [0.4, 0.5) is 9.52 Å². The number of nitrogens with zero attached hydrogens (tertiary/aromatic N) is 2. The highest BCUT2D eigenvalue weighted by Crippen LogP contribution is 2.31. The standard InChI is InChI=1S/C14H16FN3S.ClH/c15-13-4-2-1-3-10(13)8-18(11-5-6-11)9-12-7-17-14(16)19-12;/h1-4,7,11H,5-6,8-9H2,(H2,16,17);1H. The SMILES string of the molecule is Cl.Nc1ncc(CN(Cc2ccccc2F)C2CC2)s1. The lowest BCUT2D eigenvalue weighted by atomic mass is 10.2. The topological polar surface area (TPSA) is 42.1 Å². The molecule has 0 spiro atoms. The van der Waals surface area contributed by atoms with E-state index in [0.29, 0.717) is 17.7 Å². The average Bonchev–Trinajstić information content (AvgIpc) is 3.16. The molecule has 20 heavy (non-hydrogen) atoms. The first-order valence-corrected chi connectivity index (χ1v) is 7.21. The van der Waals surface area contributed by atoms with Crippen molar-refractivity contribution in [1.82, 2.24) is 9.88 Å². The van der Waals surface area contributed by atoms with E-state index in [1.54, 1.807) is 6.07 Å². The van der Waals surface area contributed by atoms with Crippen LogP contribution in [0.25, 0.3) is 0 Å². The van der Waals surface area contributed by atoms with Crippen LogP contribution in [0.15, 0.2) is 30.5 Å². The van der Waals surface area contributed by atoms with Gasteiger partial charge in [-0.05, 0) is 18.9 Å². The van der Waals surface area contributed by atoms with Crippen LogP contribution in [0.5, 0.6) is 0 Å². The average molecular weight is 314 g/mol. The lowest BCUT2D eigenvalue weighted by molar-refractivity contribution is 0.244. The number of nitrogen functional groups attached to an aromatic ring is 1. The number of anilines is 1. The summed E-state index contributed by atoms with van der Waals surface area (Å²) in [6.07, 6.45) is 4.21. The van der Waals surface area contributed by atoms with Gasteiger partial charge in [-0.2, -0.15) is 0 Å². The van der Waals surface area contributed by atoms with Crippen molar-refractivity contribution in [3.05, 3.63) is 46.7 Å². The van der Waals surface area contributed by atoms with Crippen LogP contribution in [-0.4, -0.2) is 15.9 Å². The Morgan fingerprint density at radius 3 is 2.65 bits per heavy atom. The van der Waals surface area contributed by atoms with Gasteiger partial charge in [-0.3, -0.25) is 4.90 Å². The van der Waals surface area contributed by atoms with E-state index in [9.17, 15) is 4.39 Å². The van der Waals surface area contributed by atoms with Crippen molar-refractivity contribution in [3.8, 4) is 0 Å². The Hall–Kier alpha value is -1.17. The summed E-state index contributed by atoms with van der Waals surface area (Å²) in [6.45, 7) is 1.45. The quantitative estimate of drug-likeness (QED) is 0.919. The predicted octanol–water partition coefficient (Wildman–Crippen LogP) is 3.45. The van der Waals surface area contributed by atoms with Gasteiger partial charge >= 0.3 is 0 Å². The molecule has 6 heteroatoms. The van der Waals surface area contributed by atoms with Gasteiger partial charge in [-0.25, -0.2) is 9.37 Å². The van der Waals surface area contributed by atoms with Crippen molar-refractivity contribution in [1.29, 1.82) is 0 Å². The summed E-state index contributed by atoms with van der Waals surface area (Å²) in [6, 6.07) is 7.55. The summed E-state index contributed by atoms with van der Waals surface area (Å²) in [5, 5.41) is 0.594. The zero-order valence-electron chi connectivity index (χ0n) is 11.0. The van der Waals surface area contributed by atoms with Crippen LogP contribution in [0.2, 0.25) is 0 Å². The van der Waals surface area contributed by atoms with Crippen LogP contribution in [0.3, 0.4) is 0 Å². The van der Waals surface area contributed by atoms with Crippen molar-refractivity contribution < 1.29 is 4.39 Å². The first-order chi connectivity index (χ1) is 9.22. The van der Waals surface area contributed by atoms with Crippen molar-refractivity contribution in [2.24, 2.45) is 0 Å². The normalized spacial score (nSPS) is 14.3. The molecule has 0 amide bonds. The Labute approximate surface area is 128 Å². The van der Waals surface area contributed by atoms with Crippen LogP contribution in [0.1, 0.15) is 23.3 Å². The van der Waals surface area contributed by atoms with Gasteiger partial charge in [0.15, 0.2) is 5.13 Å². The molecule has 3 rings (SSSR count). The molecule has 1 aromatic carbocycles. The highest BCUT2D eigenvalue weighted by atomic mass is 35.5. The van der Waals surface area contributed by atoms with Gasteiger partial charge in [0.05, 0.1) is 0 Å². The number of benzene rings is 1. The van der Waals surface area contributed by atoms with Gasteiger partial charge < -0.3 is 5.73 Å². The Morgan fingerprint density at radius 2 is 2.05 bits per heavy atom. The molecule has 1 saturated carbocycles. The maximum absolute atomic E-state index is 13.7. The monoisotopic (exact) mass is 313 g/mol. The third-order valence-electron chi connectivity index (χ3n) is 3.32. The van der Waals surface area contributed by atoms with Gasteiger partial charge in [-0.15, -0.1) is 23.7 Å². The molecule has 0 bridgehead atoms. The first kappa shape index (κ1) is 15.2. The molecule has 0 saturated heterocycles. The molecular formula is C14H17ClFN3S. The summed E-state index contributed by atoms with van der Waals surface area (Å²) in [5.74, 6) is -0.128. The summed E-state index contributed by atoms with van der Waals surface area (Å²) in [4.78, 5) is 7.52. The Morgan fingerprint density at radius 1 is 1.30 bits per heavy atom. The molecule has 2 N–H and O–H groups in total. The number of aromatic nitrogens is 1. The summed E-state index contributed by atoms with van der Waals surface area (Å²) < 4.78 is 13.7. The fraction of sp³-hybridized carbons (Fsp3) is 0.357. The van der Waals surface area contributed by atoms with E-state index < -0.39 is 0 Å². The second-order valence-corrected chi connectivity index (χ2v) is 6.04. The zero-order valence-corrected chi connectivity index (χ0v) is 12.6. The van der Waals surface area contributed by atoms with Crippen LogP contribution in [0, 0.1) is 5.82 Å². The van der Waals surface area contributed by atoms with E-state index in [4.69, 9.17) is 5.73 Å². The first-order valence-electron chi connectivity index (χ1n) is 6.40. The Balaban J connectivity index is 0.00000147. The minimum atomic E-state index is -0.128. The second kappa shape index (κ2) is 6.52. The molecular weight excluding hydrogens is 297 g/mol. The minimum Gasteiger partial charge on any atom is -0.375 e. The van der Waals surface area contributed by atoms with Crippen molar-refractivity contribution in [3.63, 3.8) is 0 Å². The van der Waals surface area contributed by atoms with Crippen molar-refractivity contribution in [2.75, 3.05) is 5.73 Å². The van der Waals surface area contributed by atoms with Gasteiger partial charge in [0.25, 0.3) is 0 Å². The number of hydrogen-bond acceptors (Lipinski definition) is 4. The van der Waals surface area contributed by atoms with E-state index in [-0.39, 0.29) is 18.2 Å². The minimum absolute atomic E-state index is 0. The molecule has 2 aromatic rings. The molecule has 1 aromatic heterocycles. The van der Waals surface area contributed by atoms with E-state index in [0.717, 1.165) is 17.0 Å². The fourth-order valence-electron chi connectivity index (χ4n) is 2.20. The molecule has 1 aliphatic carbocycles. The molecule has 1 heterocycles. The molecule has 1 fully saturated rings. The maximum Gasteiger partial charge on any atom is 0.180 e. The van der Waals surface area contributed by atoms with Crippen molar-refractivity contribution in [2.45, 2.75) is 32.0 Å². The van der Waals surface area contributed by atoms with E-state index in [1.165, 1.54) is 30.2 Å². The number of thiazole rings is 1. The van der Waals surface area contributed by atoms with Crippen molar-refractivity contribution >= 4 is 28.9 Å². The third kappa shape index (κ3) is 3.69. The number of nitrogens with two attached hydrogens (primary N) is 1. The molecule has 0 aliphatic heterocycles. The van der Waals surface area contributed by atoms with Crippen LogP contribution < -0.4 is 5.73 Å². The van der Waals surface area contributed by atoms with Gasteiger partial charge in [0.1, 0.15) is 5.82 Å². The zero-order chi connectivity index (χ0) is 13.2. The highest BCUT2D eigenvalue weighted by molar-refractivity contribution is 7.15. The summed E-state index contributed by atoms with van der Waals surface area (Å²) in [5.41, 5.74) is 6.41.